The lowest BCUT2D eigenvalue weighted by Crippen LogP contribution is -1.98. The largest absolute Gasteiger partial charge is 0.253 e. The molecule has 5 rings (SSSR count). The van der Waals surface area contributed by atoms with Crippen molar-refractivity contribution >= 4 is 49.2 Å². The molecule has 3 aromatic heterocycles. The zero-order valence-corrected chi connectivity index (χ0v) is 17.4. The second-order valence-electron chi connectivity index (χ2n) is 6.51. The Hall–Kier alpha value is -3.10. The van der Waals surface area contributed by atoms with Crippen LogP contribution in [0.2, 0.25) is 0 Å². The van der Waals surface area contributed by atoms with E-state index in [2.05, 4.69) is 40.6 Å². The van der Waals surface area contributed by atoms with Gasteiger partial charge in [0.25, 0.3) is 0 Å². The average Bonchev–Trinajstić information content (AvgIpc) is 3.42. The number of fused-ring (bicyclic) bond motifs is 2. The number of para-hydroxylation sites is 1. The molecule has 0 fully saturated rings. The summed E-state index contributed by atoms with van der Waals surface area (Å²) in [5, 5.41) is 11.0. The first-order valence-electron chi connectivity index (χ1n) is 9.40. The molecular formula is C21H18N6S2. The first-order valence-corrected chi connectivity index (χ1v) is 11.0. The van der Waals surface area contributed by atoms with E-state index in [1.165, 1.54) is 0 Å². The molecule has 1 N–H and O–H groups in total. The molecule has 29 heavy (non-hydrogen) atoms. The van der Waals surface area contributed by atoms with Crippen LogP contribution in [0.1, 0.15) is 24.0 Å². The molecular weight excluding hydrogens is 400 g/mol. The van der Waals surface area contributed by atoms with Gasteiger partial charge >= 0.3 is 0 Å². The van der Waals surface area contributed by atoms with E-state index in [1.807, 2.05) is 40.9 Å². The predicted octanol–water partition coefficient (Wildman–Crippen LogP) is 5.47. The number of hydrazone groups is 1. The van der Waals surface area contributed by atoms with Crippen molar-refractivity contribution in [1.29, 1.82) is 0 Å². The maximum Gasteiger partial charge on any atom is 0.213 e. The molecule has 0 atom stereocenters. The minimum Gasteiger partial charge on any atom is -0.253 e. The van der Waals surface area contributed by atoms with Gasteiger partial charge in [-0.1, -0.05) is 72.1 Å². The minimum absolute atomic E-state index is 0.759. The number of rotatable bonds is 6. The summed E-state index contributed by atoms with van der Waals surface area (Å²) in [5.74, 6) is 0. The molecule has 0 bridgehead atoms. The molecule has 0 amide bonds. The monoisotopic (exact) mass is 418 g/mol. The van der Waals surface area contributed by atoms with Crippen molar-refractivity contribution in [2.45, 2.75) is 19.8 Å². The quantitative estimate of drug-likeness (QED) is 0.293. The van der Waals surface area contributed by atoms with Gasteiger partial charge in [-0.2, -0.15) is 10.2 Å². The molecule has 0 spiro atoms. The van der Waals surface area contributed by atoms with Gasteiger partial charge in [0.1, 0.15) is 16.4 Å². The number of nitrogens with zero attached hydrogens (tertiary/aromatic N) is 5. The topological polar surface area (TPSA) is 67.5 Å². The van der Waals surface area contributed by atoms with Crippen LogP contribution in [0.5, 0.6) is 0 Å². The first kappa shape index (κ1) is 18.0. The van der Waals surface area contributed by atoms with E-state index in [0.29, 0.717) is 0 Å². The Balaban J connectivity index is 1.51. The summed E-state index contributed by atoms with van der Waals surface area (Å²) in [6.45, 7) is 2.16. The Morgan fingerprint density at radius 1 is 1.03 bits per heavy atom. The second kappa shape index (κ2) is 7.73. The Morgan fingerprint density at radius 3 is 2.69 bits per heavy atom. The number of hydrogen-bond donors (Lipinski definition) is 1. The van der Waals surface area contributed by atoms with E-state index in [9.17, 15) is 0 Å². The average molecular weight is 419 g/mol. The van der Waals surface area contributed by atoms with E-state index >= 15 is 0 Å². The standard InChI is InChI=1S/C21H18N6S2/c1-2-8-18-26-27-16(19(24-21(27)29-18)14-9-4-3-5-10-14)13-22-25-20-23-15-11-6-7-12-17(15)28-20/h3-7,9-13H,2,8H2,1H3,(H,23,25)/b22-13+. The lowest BCUT2D eigenvalue weighted by Gasteiger charge is -1.99. The second-order valence-corrected chi connectivity index (χ2v) is 8.58. The Bertz CT molecular complexity index is 1270. The maximum atomic E-state index is 4.83. The molecule has 144 valence electrons. The van der Waals surface area contributed by atoms with E-state index in [4.69, 9.17) is 10.1 Å². The lowest BCUT2D eigenvalue weighted by molar-refractivity contribution is 0.846. The molecule has 5 aromatic rings. The van der Waals surface area contributed by atoms with Crippen LogP contribution < -0.4 is 5.43 Å². The van der Waals surface area contributed by atoms with E-state index < -0.39 is 0 Å². The van der Waals surface area contributed by atoms with E-state index in [-0.39, 0.29) is 0 Å². The van der Waals surface area contributed by atoms with E-state index in [1.54, 1.807) is 28.9 Å². The Labute approximate surface area is 175 Å². The summed E-state index contributed by atoms with van der Waals surface area (Å²) in [6.07, 6.45) is 3.80. The molecule has 3 heterocycles. The van der Waals surface area contributed by atoms with Crippen LogP contribution in [0.15, 0.2) is 59.7 Å². The maximum absolute atomic E-state index is 4.83. The van der Waals surface area contributed by atoms with Gasteiger partial charge in [-0.15, -0.1) is 0 Å². The highest BCUT2D eigenvalue weighted by Crippen LogP contribution is 2.27. The first-order chi connectivity index (χ1) is 14.3. The fourth-order valence-electron chi connectivity index (χ4n) is 3.11. The molecule has 0 aliphatic rings. The molecule has 0 saturated heterocycles. The molecule has 6 nitrogen and oxygen atoms in total. The van der Waals surface area contributed by atoms with Crippen LogP contribution in [0.25, 0.3) is 26.4 Å². The summed E-state index contributed by atoms with van der Waals surface area (Å²) in [5.41, 5.74) is 6.81. The predicted molar refractivity (Wildman–Crippen MR) is 121 cm³/mol. The summed E-state index contributed by atoms with van der Waals surface area (Å²) >= 11 is 3.21. The van der Waals surface area contributed by atoms with Crippen LogP contribution in [-0.4, -0.2) is 25.8 Å². The van der Waals surface area contributed by atoms with E-state index in [0.717, 1.165) is 55.1 Å². The lowest BCUT2D eigenvalue weighted by atomic mass is 10.1. The minimum atomic E-state index is 0.759. The van der Waals surface area contributed by atoms with Crippen molar-refractivity contribution in [1.82, 2.24) is 19.6 Å². The number of hydrogen-bond acceptors (Lipinski definition) is 7. The van der Waals surface area contributed by atoms with Gasteiger partial charge in [0.05, 0.1) is 16.4 Å². The SMILES string of the molecule is CCCc1nn2c(/C=N/Nc3nc4ccccc4s3)c(-c3ccccc3)nc2s1. The third kappa shape index (κ3) is 3.52. The molecule has 0 aliphatic heterocycles. The van der Waals surface area contributed by atoms with Gasteiger partial charge in [0.15, 0.2) is 0 Å². The smallest absolute Gasteiger partial charge is 0.213 e. The van der Waals surface area contributed by atoms with Crippen molar-refractivity contribution in [2.24, 2.45) is 5.10 Å². The summed E-state index contributed by atoms with van der Waals surface area (Å²) in [4.78, 5) is 10.3. The number of imidazole rings is 1. The summed E-state index contributed by atoms with van der Waals surface area (Å²) in [6, 6.07) is 18.2. The normalized spacial score (nSPS) is 11.8. The molecule has 2 aromatic carbocycles. The highest BCUT2D eigenvalue weighted by Gasteiger charge is 2.16. The zero-order valence-electron chi connectivity index (χ0n) is 15.7. The number of aromatic nitrogens is 4. The Kier molecular flexibility index (Phi) is 4.79. The van der Waals surface area contributed by atoms with Gasteiger partial charge in [-0.05, 0) is 18.6 Å². The van der Waals surface area contributed by atoms with Crippen molar-refractivity contribution in [3.05, 3.63) is 65.3 Å². The van der Waals surface area contributed by atoms with Crippen LogP contribution in [0.3, 0.4) is 0 Å². The number of nitrogens with one attached hydrogen (secondary N) is 1. The van der Waals surface area contributed by atoms with Crippen molar-refractivity contribution in [3.63, 3.8) is 0 Å². The number of benzene rings is 2. The van der Waals surface area contributed by atoms with Gasteiger partial charge in [-0.25, -0.2) is 14.5 Å². The molecule has 8 heteroatoms. The fraction of sp³-hybridized carbons (Fsp3) is 0.143. The van der Waals surface area contributed by atoms with Gasteiger partial charge < -0.3 is 0 Å². The van der Waals surface area contributed by atoms with Crippen molar-refractivity contribution in [3.8, 4) is 11.3 Å². The third-order valence-corrected chi connectivity index (χ3v) is 6.34. The molecule has 0 saturated carbocycles. The zero-order chi connectivity index (χ0) is 19.6. The highest BCUT2D eigenvalue weighted by atomic mass is 32.1. The molecule has 0 aliphatic carbocycles. The van der Waals surface area contributed by atoms with Crippen LogP contribution >= 0.6 is 22.7 Å². The fourth-order valence-corrected chi connectivity index (χ4v) is 4.93. The van der Waals surface area contributed by atoms with Gasteiger partial charge in [-0.3, -0.25) is 5.43 Å². The molecule has 0 radical (unpaired) electrons. The van der Waals surface area contributed by atoms with Crippen molar-refractivity contribution < 1.29 is 0 Å². The van der Waals surface area contributed by atoms with Crippen LogP contribution in [0.4, 0.5) is 5.13 Å². The Morgan fingerprint density at radius 2 is 1.86 bits per heavy atom. The number of aryl methyl sites for hydroxylation is 1. The highest BCUT2D eigenvalue weighted by molar-refractivity contribution is 7.22. The van der Waals surface area contributed by atoms with Crippen molar-refractivity contribution in [2.75, 3.05) is 5.43 Å². The van der Waals surface area contributed by atoms with Gasteiger partial charge in [0, 0.05) is 12.0 Å². The third-order valence-electron chi connectivity index (χ3n) is 4.43. The van der Waals surface area contributed by atoms with Crippen LogP contribution in [-0.2, 0) is 6.42 Å². The molecule has 0 unspecified atom stereocenters. The number of anilines is 1. The summed E-state index contributed by atoms with van der Waals surface area (Å²) < 4.78 is 3.02. The van der Waals surface area contributed by atoms with Gasteiger partial charge in [0.2, 0.25) is 10.1 Å². The summed E-state index contributed by atoms with van der Waals surface area (Å²) in [7, 11) is 0. The number of thiazole rings is 1. The van der Waals surface area contributed by atoms with Crippen LogP contribution in [0, 0.1) is 0 Å².